The van der Waals surface area contributed by atoms with Crippen LogP contribution >= 0.6 is 23.2 Å². The van der Waals surface area contributed by atoms with Gasteiger partial charge in [-0.05, 0) is 238 Å². The topological polar surface area (TPSA) is 142 Å². The van der Waals surface area contributed by atoms with Crippen LogP contribution in [0.4, 0.5) is 4.39 Å². The van der Waals surface area contributed by atoms with Crippen molar-refractivity contribution in [1.29, 1.82) is 0 Å². The number of aromatic nitrogens is 4. The minimum absolute atomic E-state index is 0.110. The molecule has 5 aliphatic rings. The molecule has 0 spiro atoms. The molecule has 2 bridgehead atoms. The number of unbranched alkanes of at least 4 members (excludes halogenated alkanes) is 2. The molecule has 7 aromatic carbocycles. The van der Waals surface area contributed by atoms with Crippen molar-refractivity contribution < 1.29 is 42.5 Å². The summed E-state index contributed by atoms with van der Waals surface area (Å²) in [5, 5.41) is 8.69. The van der Waals surface area contributed by atoms with Crippen molar-refractivity contribution in [2.45, 2.75) is 232 Å². The van der Waals surface area contributed by atoms with Gasteiger partial charge in [0.25, 0.3) is 5.91 Å². The number of methoxy groups -OCH3 is 3. The first-order valence-corrected chi connectivity index (χ1v) is 47.1. The molecule has 664 valence electrons. The molecular weight excluding hydrogens is 1590 g/mol. The Morgan fingerprint density at radius 2 is 1.02 bits per heavy atom. The van der Waals surface area contributed by atoms with Gasteiger partial charge in [0.1, 0.15) is 34.9 Å². The number of ketones is 2. The quantitative estimate of drug-likeness (QED) is 0.0295. The second-order valence-corrected chi connectivity index (χ2v) is 35.5. The summed E-state index contributed by atoms with van der Waals surface area (Å²) in [5.41, 5.74) is 10.4. The van der Waals surface area contributed by atoms with E-state index >= 15 is 0 Å². The third-order valence-corrected chi connectivity index (χ3v) is 26.9. The lowest BCUT2D eigenvalue weighted by atomic mass is 9.86. The molecule has 9 heterocycles. The van der Waals surface area contributed by atoms with E-state index in [1.807, 2.05) is 92.1 Å². The lowest BCUT2D eigenvalue weighted by Crippen LogP contribution is -2.43. The van der Waals surface area contributed by atoms with E-state index in [1.165, 1.54) is 136 Å². The van der Waals surface area contributed by atoms with Crippen LogP contribution in [-0.2, 0) is 43.9 Å². The molecule has 1 amide bonds. The molecule has 5 fully saturated rings. The van der Waals surface area contributed by atoms with Gasteiger partial charge in [-0.1, -0.05) is 162 Å². The van der Waals surface area contributed by atoms with Crippen LogP contribution in [0.5, 0.6) is 23.0 Å². The van der Waals surface area contributed by atoms with Crippen molar-refractivity contribution in [2.24, 2.45) is 5.92 Å². The smallest absolute Gasteiger partial charge is 0.253 e. The Kier molecular flexibility index (Phi) is 34.7. The highest BCUT2D eigenvalue weighted by molar-refractivity contribution is 6.35. The molecule has 5 saturated heterocycles. The van der Waals surface area contributed by atoms with E-state index in [0.717, 1.165) is 220 Å². The number of amides is 1. The number of carbonyl (C=O) groups is 3. The van der Waals surface area contributed by atoms with Gasteiger partial charge in [0.15, 0.2) is 11.6 Å². The average molecular weight is 1730 g/mol. The predicted molar refractivity (Wildman–Crippen MR) is 505 cm³/mol. The van der Waals surface area contributed by atoms with Crippen LogP contribution in [0.1, 0.15) is 217 Å². The number of hydrogen-bond acceptors (Lipinski definition) is 12. The maximum Gasteiger partial charge on any atom is 0.253 e. The number of Topliss-reactive ketones (excluding diaryl/α,β-unsaturated/α-hetero) is 2. The second-order valence-electron chi connectivity index (χ2n) is 34.7. The Balaban J connectivity index is 0.000000144. The first kappa shape index (κ1) is 92.7. The van der Waals surface area contributed by atoms with Gasteiger partial charge >= 0.3 is 0 Å². The predicted octanol–water partition coefficient (Wildman–Crippen LogP) is 23.0. The Labute approximate surface area is 745 Å². The minimum Gasteiger partial charge on any atom is -0.496 e. The van der Waals surface area contributed by atoms with Crippen LogP contribution in [0.3, 0.4) is 0 Å². The molecular formula is C104H134Cl2FN9O8. The Bertz CT molecular complexity index is 5210. The lowest BCUT2D eigenvalue weighted by molar-refractivity contribution is 0.00758. The number of rotatable bonds is 36. The summed E-state index contributed by atoms with van der Waals surface area (Å²) in [5.74, 6) is 4.97. The molecule has 0 radical (unpaired) electrons. The second kappa shape index (κ2) is 46.5. The number of para-hydroxylation sites is 5. The number of likely N-dealkylation sites (tertiary alicyclic amines) is 3. The summed E-state index contributed by atoms with van der Waals surface area (Å²) >= 11 is 12.6. The average Bonchev–Trinajstić information content (AvgIpc) is 1.64. The number of hydrogen-bond donors (Lipinski definition) is 1. The third kappa shape index (κ3) is 24.2. The van der Waals surface area contributed by atoms with E-state index in [9.17, 15) is 18.8 Å². The SMILES string of the molecule is CCC(=O)c1cn(CCCN2CCC(c3ccccc3OC)CC2)c2ccccc12.CCCCCC1CC2CCC(C1)N2CCCn1cc(C(C)=O)c2cccc(Cl)c21.CCCOC1CCN(CCCn2cc(CC)c3cccc(OC)c32)CC1.COc1cccc2c(C(=O)NCc3cccc(Cl)c3)cn(CCCN3CCC(Oc4ccc(F)cc4)CC3)c12. The number of fused-ring (bicyclic) bond motifs is 6. The number of piperidine rings is 4. The van der Waals surface area contributed by atoms with Crippen LogP contribution in [0.2, 0.25) is 10.0 Å². The van der Waals surface area contributed by atoms with E-state index in [-0.39, 0.29) is 29.4 Å². The number of halogens is 3. The molecule has 0 aliphatic carbocycles. The fraction of sp³-hybridized carbons (Fsp3) is 0.490. The Morgan fingerprint density at radius 1 is 0.484 bits per heavy atom. The number of carbonyl (C=O) groups excluding carboxylic acids is 3. The highest BCUT2D eigenvalue weighted by Crippen LogP contribution is 2.42. The first-order chi connectivity index (χ1) is 60.5. The van der Waals surface area contributed by atoms with Gasteiger partial charge < -0.3 is 62.0 Å². The van der Waals surface area contributed by atoms with Gasteiger partial charge in [0.2, 0.25) is 0 Å². The molecule has 16 rings (SSSR count). The first-order valence-electron chi connectivity index (χ1n) is 46.4. The van der Waals surface area contributed by atoms with E-state index in [4.69, 9.17) is 46.9 Å². The Morgan fingerprint density at radius 3 is 1.64 bits per heavy atom. The van der Waals surface area contributed by atoms with Crippen molar-refractivity contribution in [3.05, 3.63) is 226 Å². The maximum absolute atomic E-state index is 13.2. The summed E-state index contributed by atoms with van der Waals surface area (Å²) in [6.07, 6.45) is 33.8. The minimum atomic E-state index is -0.254. The van der Waals surface area contributed by atoms with E-state index in [0.29, 0.717) is 35.6 Å². The summed E-state index contributed by atoms with van der Waals surface area (Å²) in [7, 11) is 5.18. The fourth-order valence-electron chi connectivity index (χ4n) is 19.9. The van der Waals surface area contributed by atoms with Gasteiger partial charge in [0, 0.05) is 159 Å². The number of nitrogens with one attached hydrogen (secondary N) is 1. The molecule has 2 atom stereocenters. The van der Waals surface area contributed by atoms with Crippen LogP contribution in [-0.4, -0.2) is 173 Å². The molecule has 0 saturated carbocycles. The third-order valence-electron chi connectivity index (χ3n) is 26.4. The van der Waals surface area contributed by atoms with Gasteiger partial charge in [-0.3, -0.25) is 19.3 Å². The van der Waals surface area contributed by atoms with E-state index in [2.05, 4.69) is 131 Å². The summed E-state index contributed by atoms with van der Waals surface area (Å²) in [6, 6.07) is 50.1. The van der Waals surface area contributed by atoms with Crippen molar-refractivity contribution in [3.63, 3.8) is 0 Å². The normalized spacial score (nSPS) is 17.5. The van der Waals surface area contributed by atoms with E-state index < -0.39 is 0 Å². The monoisotopic (exact) mass is 1730 g/mol. The van der Waals surface area contributed by atoms with Gasteiger partial charge in [-0.25, -0.2) is 4.39 Å². The van der Waals surface area contributed by atoms with Gasteiger partial charge in [0.05, 0.1) is 54.6 Å². The summed E-state index contributed by atoms with van der Waals surface area (Å²) in [4.78, 5) is 48.0. The summed E-state index contributed by atoms with van der Waals surface area (Å²) in [6.45, 7) is 26.2. The number of ether oxygens (including phenoxy) is 5. The standard InChI is InChI=1S/C31H33ClFN3O3.C26H32N2O2.C25H35ClN2O.C22H34N2O2/c1-38-29-8-3-7-27-28(31(37)34-20-22-5-2-6-23(32)19-22)21-36(30(27)29)16-4-15-35-17-13-26(14-18-35)39-25-11-9-24(33)10-12-25;1-3-25(29)23-19-28(24-11-6-4-10-22(23)24)16-8-15-27-17-13-20(14-18-27)21-9-5-7-12-26(21)30-2;1-3-4-5-8-19-15-20-11-12-21(16-19)28(20)14-7-13-27-17-23(18(2)29)22-9-6-10-24(26)25(22)27;1-4-16-26-19-10-14-23(15-11-19)12-7-13-24-17-18(5-2)20-8-6-9-21(25-3)22(20)24/h2-3,5-12,19,21,26H,4,13-18,20H2,1H3,(H,34,37);4-7,9-12,19-20H,3,8,13-18H2,1-2H3;6,9-10,17,19-21H,3-5,7-8,11-16H2,1-2H3;6,8-9,17,19H,4-5,7,10-16H2,1-3H3. The number of benzene rings is 7. The van der Waals surface area contributed by atoms with Crippen molar-refractivity contribution in [3.8, 4) is 23.0 Å². The largest absolute Gasteiger partial charge is 0.496 e. The van der Waals surface area contributed by atoms with Gasteiger partial charge in [-0.2, -0.15) is 0 Å². The molecule has 17 nitrogen and oxygen atoms in total. The van der Waals surface area contributed by atoms with Crippen molar-refractivity contribution in [2.75, 3.05) is 93.4 Å². The van der Waals surface area contributed by atoms with Gasteiger partial charge in [-0.15, -0.1) is 0 Å². The Hall–Kier alpha value is -8.98. The lowest BCUT2D eigenvalue weighted by Gasteiger charge is -2.39. The number of aryl methyl sites for hydroxylation is 5. The maximum atomic E-state index is 13.2. The highest BCUT2D eigenvalue weighted by atomic mass is 35.5. The summed E-state index contributed by atoms with van der Waals surface area (Å²) < 4.78 is 50.9. The zero-order valence-corrected chi connectivity index (χ0v) is 76.4. The van der Waals surface area contributed by atoms with Crippen LogP contribution in [0.25, 0.3) is 43.6 Å². The zero-order valence-electron chi connectivity index (χ0n) is 74.8. The number of nitrogens with zero attached hydrogens (tertiary/aromatic N) is 8. The molecule has 4 aromatic heterocycles. The van der Waals surface area contributed by atoms with Crippen molar-refractivity contribution >= 4 is 84.3 Å². The van der Waals surface area contributed by atoms with Crippen LogP contribution < -0.4 is 24.3 Å². The molecule has 20 heteroatoms. The molecule has 5 aliphatic heterocycles. The van der Waals surface area contributed by atoms with Crippen molar-refractivity contribution in [1.82, 2.24) is 43.2 Å². The molecule has 2 unspecified atom stereocenters. The molecule has 1 N–H and O–H groups in total. The molecule has 11 aromatic rings. The molecule has 124 heavy (non-hydrogen) atoms. The van der Waals surface area contributed by atoms with Crippen LogP contribution in [0.15, 0.2) is 176 Å². The fourth-order valence-corrected chi connectivity index (χ4v) is 20.4. The van der Waals surface area contributed by atoms with E-state index in [1.54, 1.807) is 40.4 Å². The highest BCUT2D eigenvalue weighted by Gasteiger charge is 2.40. The zero-order chi connectivity index (χ0) is 86.9. The van der Waals surface area contributed by atoms with Crippen LogP contribution in [0, 0.1) is 11.7 Å².